The molecule has 0 bridgehead atoms. The Labute approximate surface area is 136 Å². The van der Waals surface area contributed by atoms with Crippen LogP contribution in [0.2, 0.25) is 0 Å². The van der Waals surface area contributed by atoms with Crippen LogP contribution in [0.3, 0.4) is 0 Å². The highest BCUT2D eigenvalue weighted by Gasteiger charge is 2.18. The van der Waals surface area contributed by atoms with Gasteiger partial charge < -0.3 is 19.7 Å². The molecule has 23 heavy (non-hydrogen) atoms. The van der Waals surface area contributed by atoms with E-state index in [1.807, 2.05) is 10.8 Å². The molecule has 0 aliphatic carbocycles. The molecule has 0 saturated carbocycles. The average Bonchev–Trinajstić information content (AvgIpc) is 3.07. The number of methoxy groups -OCH3 is 1. The lowest BCUT2D eigenvalue weighted by molar-refractivity contribution is -0.122. The number of benzene rings is 1. The maximum Gasteiger partial charge on any atom is 0.220 e. The summed E-state index contributed by atoms with van der Waals surface area (Å²) < 4.78 is 7.02. The molecule has 6 nitrogen and oxygen atoms in total. The highest BCUT2D eigenvalue weighted by atomic mass is 16.5. The molecule has 0 radical (unpaired) electrons. The van der Waals surface area contributed by atoms with Crippen molar-refractivity contribution in [2.75, 3.05) is 7.11 Å². The first-order chi connectivity index (χ1) is 11.1. The molecule has 1 aromatic carbocycles. The highest BCUT2D eigenvalue weighted by molar-refractivity contribution is 5.76. The Morgan fingerprint density at radius 2 is 2.13 bits per heavy atom. The summed E-state index contributed by atoms with van der Waals surface area (Å²) in [6, 6.07) is 6.82. The van der Waals surface area contributed by atoms with Crippen molar-refractivity contribution in [3.63, 3.8) is 0 Å². The number of aliphatic hydroxyl groups is 1. The molecule has 2 N–H and O–H groups in total. The van der Waals surface area contributed by atoms with Gasteiger partial charge >= 0.3 is 0 Å². The molecule has 2 rings (SSSR count). The van der Waals surface area contributed by atoms with Crippen LogP contribution in [0.1, 0.15) is 31.4 Å². The third kappa shape index (κ3) is 5.10. The van der Waals surface area contributed by atoms with Gasteiger partial charge in [-0.1, -0.05) is 12.1 Å². The fourth-order valence-electron chi connectivity index (χ4n) is 2.34. The van der Waals surface area contributed by atoms with Crippen LogP contribution in [-0.4, -0.2) is 33.7 Å². The van der Waals surface area contributed by atoms with Gasteiger partial charge in [0.25, 0.3) is 0 Å². The summed E-state index contributed by atoms with van der Waals surface area (Å²) in [5.74, 6) is 0.669. The Bertz CT molecular complexity index is 596. The first kappa shape index (κ1) is 17.0. The Morgan fingerprint density at radius 1 is 1.39 bits per heavy atom. The van der Waals surface area contributed by atoms with E-state index in [0.29, 0.717) is 6.42 Å². The first-order valence-corrected chi connectivity index (χ1v) is 7.67. The zero-order chi connectivity index (χ0) is 16.7. The first-order valence-electron chi connectivity index (χ1n) is 7.67. The van der Waals surface area contributed by atoms with Gasteiger partial charge in [-0.05, 0) is 31.0 Å². The fourth-order valence-corrected chi connectivity index (χ4v) is 2.34. The Morgan fingerprint density at radius 3 is 2.74 bits per heavy atom. The fraction of sp³-hybridized carbons (Fsp3) is 0.412. The smallest absolute Gasteiger partial charge is 0.220 e. The number of hydrogen-bond donors (Lipinski definition) is 2. The molecule has 0 aliphatic heterocycles. The van der Waals surface area contributed by atoms with Crippen molar-refractivity contribution in [3.8, 4) is 5.75 Å². The van der Waals surface area contributed by atoms with E-state index in [1.165, 1.54) is 0 Å². The monoisotopic (exact) mass is 317 g/mol. The molecule has 0 saturated heterocycles. The van der Waals surface area contributed by atoms with Gasteiger partial charge in [0.05, 0.1) is 25.6 Å². The van der Waals surface area contributed by atoms with Crippen molar-refractivity contribution < 1.29 is 14.6 Å². The van der Waals surface area contributed by atoms with E-state index in [-0.39, 0.29) is 11.9 Å². The van der Waals surface area contributed by atoms with Gasteiger partial charge in [0.15, 0.2) is 0 Å². The number of imidazole rings is 1. The van der Waals surface area contributed by atoms with Gasteiger partial charge in [0, 0.05) is 25.4 Å². The van der Waals surface area contributed by atoms with Crippen LogP contribution >= 0.6 is 0 Å². The number of carbonyl (C=O) groups excluding carboxylic acids is 1. The molecule has 2 unspecified atom stereocenters. The van der Waals surface area contributed by atoms with Crippen molar-refractivity contribution in [1.82, 2.24) is 14.9 Å². The van der Waals surface area contributed by atoms with Gasteiger partial charge in [-0.3, -0.25) is 4.79 Å². The molecule has 1 heterocycles. The average molecular weight is 317 g/mol. The summed E-state index contributed by atoms with van der Waals surface area (Å²) in [6.45, 7) is 2.55. The molecule has 2 aromatic rings. The predicted molar refractivity (Wildman–Crippen MR) is 87.0 cm³/mol. The van der Waals surface area contributed by atoms with Gasteiger partial charge in [-0.2, -0.15) is 0 Å². The number of nitrogens with one attached hydrogen (secondary N) is 1. The minimum atomic E-state index is -0.751. The third-order valence-electron chi connectivity index (χ3n) is 3.70. The van der Waals surface area contributed by atoms with Crippen LogP contribution in [0.5, 0.6) is 5.75 Å². The molecule has 0 spiro atoms. The summed E-state index contributed by atoms with van der Waals surface area (Å²) in [7, 11) is 1.60. The van der Waals surface area contributed by atoms with Crippen molar-refractivity contribution in [1.29, 1.82) is 0 Å². The van der Waals surface area contributed by atoms with Crippen molar-refractivity contribution in [2.45, 2.75) is 38.5 Å². The lowest BCUT2D eigenvalue weighted by Crippen LogP contribution is -2.37. The van der Waals surface area contributed by atoms with E-state index in [4.69, 9.17) is 4.74 Å². The van der Waals surface area contributed by atoms with E-state index in [9.17, 15) is 9.90 Å². The second-order valence-corrected chi connectivity index (χ2v) is 5.48. The number of ether oxygens (including phenoxy) is 1. The second-order valence-electron chi connectivity index (χ2n) is 5.48. The second kappa shape index (κ2) is 8.33. The van der Waals surface area contributed by atoms with Crippen molar-refractivity contribution in [3.05, 3.63) is 48.5 Å². The summed E-state index contributed by atoms with van der Waals surface area (Å²) in [5.41, 5.74) is 0.747. The number of rotatable bonds is 8. The predicted octanol–water partition coefficient (Wildman–Crippen LogP) is 1.91. The molecule has 6 heteroatoms. The summed E-state index contributed by atoms with van der Waals surface area (Å²) in [4.78, 5) is 15.9. The minimum absolute atomic E-state index is 0.0647. The minimum Gasteiger partial charge on any atom is -0.497 e. The van der Waals surface area contributed by atoms with Crippen LogP contribution in [0.15, 0.2) is 43.0 Å². The van der Waals surface area contributed by atoms with Crippen LogP contribution in [0.4, 0.5) is 0 Å². The summed E-state index contributed by atoms with van der Waals surface area (Å²) >= 11 is 0. The van der Waals surface area contributed by atoms with E-state index in [0.717, 1.165) is 24.3 Å². The Hall–Kier alpha value is -2.34. The standard InChI is InChI=1S/C17H23N3O3/c1-13(17(22)14-5-7-15(23-2)8-6-14)19-16(21)4-3-10-20-11-9-18-12-20/h5-9,11-13,17,22H,3-4,10H2,1-2H3,(H,19,21). The van der Waals surface area contributed by atoms with Crippen LogP contribution in [0.25, 0.3) is 0 Å². The maximum atomic E-state index is 12.0. The third-order valence-corrected chi connectivity index (χ3v) is 3.70. The van der Waals surface area contributed by atoms with Gasteiger partial charge in [0.2, 0.25) is 5.91 Å². The highest BCUT2D eigenvalue weighted by Crippen LogP contribution is 2.20. The van der Waals surface area contributed by atoms with Crippen LogP contribution in [-0.2, 0) is 11.3 Å². The van der Waals surface area contributed by atoms with E-state index in [1.54, 1.807) is 50.8 Å². The van der Waals surface area contributed by atoms with Crippen molar-refractivity contribution >= 4 is 5.91 Å². The van der Waals surface area contributed by atoms with E-state index >= 15 is 0 Å². The molecule has 1 amide bonds. The molecule has 1 aromatic heterocycles. The van der Waals surface area contributed by atoms with Crippen molar-refractivity contribution in [2.24, 2.45) is 0 Å². The lowest BCUT2D eigenvalue weighted by atomic mass is 10.0. The lowest BCUT2D eigenvalue weighted by Gasteiger charge is -2.21. The Kier molecular flexibility index (Phi) is 6.17. The van der Waals surface area contributed by atoms with Gasteiger partial charge in [-0.25, -0.2) is 4.98 Å². The maximum absolute atomic E-state index is 12.0. The molecule has 124 valence electrons. The topological polar surface area (TPSA) is 76.4 Å². The molecule has 0 fully saturated rings. The normalized spacial score (nSPS) is 13.3. The number of aliphatic hydroxyl groups excluding tert-OH is 1. The summed E-state index contributed by atoms with van der Waals surface area (Å²) in [5, 5.41) is 13.2. The molecule has 2 atom stereocenters. The van der Waals surface area contributed by atoms with Gasteiger partial charge in [-0.15, -0.1) is 0 Å². The number of hydrogen-bond acceptors (Lipinski definition) is 4. The zero-order valence-corrected chi connectivity index (χ0v) is 13.5. The number of carbonyl (C=O) groups is 1. The molecule has 0 aliphatic rings. The number of amides is 1. The van der Waals surface area contributed by atoms with E-state index < -0.39 is 6.10 Å². The SMILES string of the molecule is COc1ccc(C(O)C(C)NC(=O)CCCn2ccnc2)cc1. The zero-order valence-electron chi connectivity index (χ0n) is 13.5. The number of nitrogens with zero attached hydrogens (tertiary/aromatic N) is 2. The van der Waals surface area contributed by atoms with E-state index in [2.05, 4.69) is 10.3 Å². The number of aromatic nitrogens is 2. The van der Waals surface area contributed by atoms with Crippen LogP contribution < -0.4 is 10.1 Å². The Balaban J connectivity index is 1.77. The largest absolute Gasteiger partial charge is 0.497 e. The van der Waals surface area contributed by atoms with Gasteiger partial charge in [0.1, 0.15) is 5.75 Å². The number of aryl methyl sites for hydroxylation is 1. The van der Waals surface area contributed by atoms with Crippen LogP contribution in [0, 0.1) is 0 Å². The molecular formula is C17H23N3O3. The summed E-state index contributed by atoms with van der Waals surface area (Å²) in [6.07, 6.45) is 5.71. The quantitative estimate of drug-likeness (QED) is 0.780. The molecular weight excluding hydrogens is 294 g/mol.